The summed E-state index contributed by atoms with van der Waals surface area (Å²) in [5.41, 5.74) is 1.99. The Morgan fingerprint density at radius 1 is 0.889 bits per heavy atom. The van der Waals surface area contributed by atoms with E-state index in [-0.39, 0.29) is 0 Å². The zero-order valence-electron chi connectivity index (χ0n) is 15.5. The lowest BCUT2D eigenvalue weighted by molar-refractivity contribution is 0.405. The van der Waals surface area contributed by atoms with Crippen molar-refractivity contribution < 1.29 is 14.0 Å². The summed E-state index contributed by atoms with van der Waals surface area (Å²) in [7, 11) is 3.34. The van der Waals surface area contributed by atoms with E-state index in [0.29, 0.717) is 11.8 Å². The van der Waals surface area contributed by atoms with Crippen molar-refractivity contribution in [3.8, 4) is 22.9 Å². The molecular weight excluding hydrogens is 344 g/mol. The van der Waals surface area contributed by atoms with Crippen molar-refractivity contribution in [2.75, 3.05) is 50.2 Å². The summed E-state index contributed by atoms with van der Waals surface area (Å²) < 4.78 is 16.2. The SMILES string of the molecule is COc1cccc(-c2noc(N3CCN(c4ccccc4OC)CC3)n2)c1. The van der Waals surface area contributed by atoms with E-state index in [2.05, 4.69) is 26.0 Å². The van der Waals surface area contributed by atoms with E-state index in [1.165, 1.54) is 0 Å². The van der Waals surface area contributed by atoms with Gasteiger partial charge >= 0.3 is 6.01 Å². The average molecular weight is 366 g/mol. The van der Waals surface area contributed by atoms with Crippen molar-refractivity contribution in [1.29, 1.82) is 0 Å². The van der Waals surface area contributed by atoms with Crippen molar-refractivity contribution in [2.24, 2.45) is 0 Å². The molecule has 0 bridgehead atoms. The summed E-state index contributed by atoms with van der Waals surface area (Å²) in [6.07, 6.45) is 0. The molecule has 1 fully saturated rings. The molecule has 0 aliphatic carbocycles. The Morgan fingerprint density at radius 2 is 1.67 bits per heavy atom. The standard InChI is InChI=1S/C20H22N4O3/c1-25-16-7-5-6-15(14-16)19-21-20(27-22-19)24-12-10-23(11-13-24)17-8-3-4-9-18(17)26-2/h3-9,14H,10-13H2,1-2H3. The third kappa shape index (κ3) is 3.53. The molecule has 1 aliphatic rings. The van der Waals surface area contributed by atoms with Crippen LogP contribution in [-0.4, -0.2) is 50.5 Å². The van der Waals surface area contributed by atoms with E-state index in [1.807, 2.05) is 42.5 Å². The van der Waals surface area contributed by atoms with Crippen molar-refractivity contribution in [3.05, 3.63) is 48.5 Å². The summed E-state index contributed by atoms with van der Waals surface area (Å²) in [5.74, 6) is 2.23. The summed E-state index contributed by atoms with van der Waals surface area (Å²) >= 11 is 0. The molecule has 140 valence electrons. The van der Waals surface area contributed by atoms with E-state index < -0.39 is 0 Å². The number of ether oxygens (including phenoxy) is 2. The number of anilines is 2. The van der Waals surface area contributed by atoms with Crippen LogP contribution in [-0.2, 0) is 0 Å². The molecule has 1 saturated heterocycles. The molecule has 0 atom stereocenters. The van der Waals surface area contributed by atoms with Gasteiger partial charge in [0.05, 0.1) is 19.9 Å². The number of rotatable bonds is 5. The van der Waals surface area contributed by atoms with Crippen LogP contribution in [0.4, 0.5) is 11.7 Å². The minimum atomic E-state index is 0.549. The lowest BCUT2D eigenvalue weighted by Gasteiger charge is -2.35. The van der Waals surface area contributed by atoms with Gasteiger partial charge in [-0.25, -0.2) is 0 Å². The van der Waals surface area contributed by atoms with Gasteiger partial charge in [0.15, 0.2) is 0 Å². The van der Waals surface area contributed by atoms with Crippen LogP contribution in [0.2, 0.25) is 0 Å². The molecule has 1 aromatic heterocycles. The number of benzene rings is 2. The Hall–Kier alpha value is -3.22. The highest BCUT2D eigenvalue weighted by molar-refractivity contribution is 5.60. The van der Waals surface area contributed by atoms with Gasteiger partial charge in [0.2, 0.25) is 5.82 Å². The molecule has 0 spiro atoms. The molecule has 1 aliphatic heterocycles. The van der Waals surface area contributed by atoms with Gasteiger partial charge < -0.3 is 23.8 Å². The lowest BCUT2D eigenvalue weighted by atomic mass is 10.2. The largest absolute Gasteiger partial charge is 0.497 e. The summed E-state index contributed by atoms with van der Waals surface area (Å²) in [5, 5.41) is 4.12. The van der Waals surface area contributed by atoms with Gasteiger partial charge in [-0.05, 0) is 24.3 Å². The van der Waals surface area contributed by atoms with Crippen molar-refractivity contribution >= 4 is 11.7 Å². The first-order valence-corrected chi connectivity index (χ1v) is 8.89. The van der Waals surface area contributed by atoms with E-state index in [1.54, 1.807) is 14.2 Å². The topological polar surface area (TPSA) is 63.9 Å². The van der Waals surface area contributed by atoms with Crippen LogP contribution in [0.5, 0.6) is 11.5 Å². The Bertz CT molecular complexity index is 904. The smallest absolute Gasteiger partial charge is 0.324 e. The Kier molecular flexibility index (Phi) is 4.82. The minimum Gasteiger partial charge on any atom is -0.497 e. The maximum absolute atomic E-state index is 5.50. The average Bonchev–Trinajstić information content (AvgIpc) is 3.24. The molecule has 0 amide bonds. The molecule has 27 heavy (non-hydrogen) atoms. The van der Waals surface area contributed by atoms with Crippen LogP contribution >= 0.6 is 0 Å². The van der Waals surface area contributed by atoms with Crippen LogP contribution in [0.3, 0.4) is 0 Å². The second kappa shape index (κ2) is 7.57. The third-order valence-corrected chi connectivity index (χ3v) is 4.72. The second-order valence-electron chi connectivity index (χ2n) is 6.28. The van der Waals surface area contributed by atoms with E-state index in [0.717, 1.165) is 48.9 Å². The number of aromatic nitrogens is 2. The zero-order chi connectivity index (χ0) is 18.6. The quantitative estimate of drug-likeness (QED) is 0.687. The Morgan fingerprint density at radius 3 is 2.44 bits per heavy atom. The maximum Gasteiger partial charge on any atom is 0.324 e. The molecule has 7 nitrogen and oxygen atoms in total. The van der Waals surface area contributed by atoms with Crippen LogP contribution in [0, 0.1) is 0 Å². The summed E-state index contributed by atoms with van der Waals surface area (Å²) in [6.45, 7) is 3.32. The Balaban J connectivity index is 1.45. The highest BCUT2D eigenvalue weighted by Gasteiger charge is 2.23. The maximum atomic E-state index is 5.50. The first kappa shape index (κ1) is 17.2. The molecule has 3 aromatic rings. The first-order chi connectivity index (χ1) is 13.3. The minimum absolute atomic E-state index is 0.549. The zero-order valence-corrected chi connectivity index (χ0v) is 15.5. The molecule has 7 heteroatoms. The fourth-order valence-corrected chi connectivity index (χ4v) is 3.25. The lowest BCUT2D eigenvalue weighted by Crippen LogP contribution is -2.46. The van der Waals surface area contributed by atoms with Gasteiger partial charge in [-0.1, -0.05) is 29.4 Å². The number of hydrogen-bond donors (Lipinski definition) is 0. The molecule has 0 saturated carbocycles. The van der Waals surface area contributed by atoms with E-state index >= 15 is 0 Å². The number of piperazine rings is 1. The molecular formula is C20H22N4O3. The van der Waals surface area contributed by atoms with E-state index in [4.69, 9.17) is 14.0 Å². The number of methoxy groups -OCH3 is 2. The van der Waals surface area contributed by atoms with Gasteiger partial charge in [-0.15, -0.1) is 0 Å². The molecule has 0 N–H and O–H groups in total. The van der Waals surface area contributed by atoms with Gasteiger partial charge in [0, 0.05) is 31.7 Å². The van der Waals surface area contributed by atoms with Crippen molar-refractivity contribution in [2.45, 2.75) is 0 Å². The molecule has 2 aromatic carbocycles. The first-order valence-electron chi connectivity index (χ1n) is 8.89. The normalized spacial score (nSPS) is 14.3. The number of hydrogen-bond acceptors (Lipinski definition) is 7. The third-order valence-electron chi connectivity index (χ3n) is 4.72. The van der Waals surface area contributed by atoms with Crippen molar-refractivity contribution in [1.82, 2.24) is 10.1 Å². The highest BCUT2D eigenvalue weighted by atomic mass is 16.5. The number of para-hydroxylation sites is 2. The monoisotopic (exact) mass is 366 g/mol. The summed E-state index contributed by atoms with van der Waals surface area (Å²) in [4.78, 5) is 8.99. The van der Waals surface area contributed by atoms with Gasteiger partial charge in [-0.3, -0.25) is 0 Å². The fraction of sp³-hybridized carbons (Fsp3) is 0.300. The molecule has 0 radical (unpaired) electrons. The second-order valence-corrected chi connectivity index (χ2v) is 6.28. The van der Waals surface area contributed by atoms with Crippen LogP contribution in [0.15, 0.2) is 53.1 Å². The Labute approximate surface area is 158 Å². The van der Waals surface area contributed by atoms with Gasteiger partial charge in [-0.2, -0.15) is 4.98 Å². The van der Waals surface area contributed by atoms with Gasteiger partial charge in [0.25, 0.3) is 0 Å². The van der Waals surface area contributed by atoms with Crippen LogP contribution in [0.25, 0.3) is 11.4 Å². The molecule has 2 heterocycles. The number of nitrogens with zero attached hydrogens (tertiary/aromatic N) is 4. The van der Waals surface area contributed by atoms with Crippen molar-refractivity contribution in [3.63, 3.8) is 0 Å². The highest BCUT2D eigenvalue weighted by Crippen LogP contribution is 2.29. The molecule has 0 unspecified atom stereocenters. The predicted molar refractivity (Wildman–Crippen MR) is 104 cm³/mol. The predicted octanol–water partition coefficient (Wildman–Crippen LogP) is 3.08. The van der Waals surface area contributed by atoms with Crippen LogP contribution < -0.4 is 19.3 Å². The van der Waals surface area contributed by atoms with Gasteiger partial charge in [0.1, 0.15) is 11.5 Å². The fourth-order valence-electron chi connectivity index (χ4n) is 3.25. The molecule has 4 rings (SSSR count). The van der Waals surface area contributed by atoms with E-state index in [9.17, 15) is 0 Å². The van der Waals surface area contributed by atoms with Crippen LogP contribution in [0.1, 0.15) is 0 Å². The summed E-state index contributed by atoms with van der Waals surface area (Å²) in [6, 6.07) is 16.3.